The van der Waals surface area contributed by atoms with E-state index in [-0.39, 0.29) is 58.0 Å². The van der Waals surface area contributed by atoms with E-state index in [1.165, 1.54) is 6.08 Å². The SMILES string of the molecule is NCCOCCNC(=O)[C@@H]1CCNC(=O)/C=C/C(=O)N2CCC[C@](Cc3ccccc3)(C2)C(=O)N[C@@H](Cc2ccc(-c3ccoc3)cc2)C(=O)NCc2ccccc2CC(=O)N1. The molecule has 2 aliphatic heterocycles. The second-order valence-electron chi connectivity index (χ2n) is 15.6. The third-order valence-electron chi connectivity index (χ3n) is 11.1. The Morgan fingerprint density at radius 2 is 1.63 bits per heavy atom. The molecular weight excluding hydrogens is 791 g/mol. The van der Waals surface area contributed by atoms with Crippen LogP contribution in [0.2, 0.25) is 0 Å². The predicted octanol–water partition coefficient (Wildman–Crippen LogP) is 2.34. The Hall–Kier alpha value is -6.58. The molecular formula is C47H55N7O8. The van der Waals surface area contributed by atoms with Crippen molar-refractivity contribution in [1.82, 2.24) is 31.5 Å². The second kappa shape index (κ2) is 22.3. The van der Waals surface area contributed by atoms with Crippen LogP contribution in [0.1, 0.15) is 41.5 Å². The lowest BCUT2D eigenvalue weighted by Crippen LogP contribution is -2.58. The Morgan fingerprint density at radius 3 is 2.39 bits per heavy atom. The van der Waals surface area contributed by atoms with Crippen molar-refractivity contribution in [2.45, 2.75) is 57.2 Å². The standard InChI is InChI=1S/C47H55N7O8/c48-20-25-61-26-22-50-44(58)39-17-21-49-41(55)15-16-43(57)54-23-6-19-47(32-54,29-34-7-2-1-3-8-34)46(60)53-40(27-33-11-13-35(14-12-33)38-18-24-62-31-38)45(59)51-30-37-10-5-4-9-36(37)28-42(56)52-39/h1-5,7-16,18,24,31,39-40H,6,17,19-23,25-30,32,48H2,(H,49,55)(H,50,58)(H,51,59)(H,52,56)(H,53,60)/b16-15+/t39-,40-,47-/m0/s1. The van der Waals surface area contributed by atoms with Gasteiger partial charge in [-0.1, -0.05) is 78.9 Å². The average molecular weight is 846 g/mol. The van der Waals surface area contributed by atoms with E-state index < -0.39 is 47.0 Å². The molecule has 0 radical (unpaired) electrons. The second-order valence-corrected chi connectivity index (χ2v) is 15.6. The number of ether oxygens (including phenoxy) is 1. The third kappa shape index (κ3) is 12.7. The number of nitrogens with two attached hydrogens (primary N) is 1. The number of nitrogens with one attached hydrogen (secondary N) is 5. The minimum atomic E-state index is -1.10. The van der Waals surface area contributed by atoms with Gasteiger partial charge in [-0.15, -0.1) is 0 Å². The smallest absolute Gasteiger partial charge is 0.246 e. The van der Waals surface area contributed by atoms with Gasteiger partial charge in [0.05, 0.1) is 37.6 Å². The van der Waals surface area contributed by atoms with E-state index in [1.807, 2.05) is 60.7 Å². The number of rotatable bonds is 11. The lowest BCUT2D eigenvalue weighted by molar-refractivity contribution is -0.141. The van der Waals surface area contributed by atoms with Crippen LogP contribution in [0.5, 0.6) is 0 Å². The highest BCUT2D eigenvalue weighted by Crippen LogP contribution is 2.35. The summed E-state index contributed by atoms with van der Waals surface area (Å²) in [7, 11) is 0. The summed E-state index contributed by atoms with van der Waals surface area (Å²) in [6, 6.07) is 24.2. The van der Waals surface area contributed by atoms with Crippen LogP contribution in [0.15, 0.2) is 114 Å². The maximum atomic E-state index is 14.8. The monoisotopic (exact) mass is 845 g/mol. The Bertz CT molecular complexity index is 2180. The fourth-order valence-electron chi connectivity index (χ4n) is 7.84. The zero-order valence-electron chi connectivity index (χ0n) is 34.7. The predicted molar refractivity (Wildman–Crippen MR) is 232 cm³/mol. The van der Waals surface area contributed by atoms with Crippen LogP contribution in [0.25, 0.3) is 11.1 Å². The number of nitrogens with zero attached hydrogens (tertiary/aromatic N) is 1. The van der Waals surface area contributed by atoms with E-state index in [2.05, 4.69) is 26.6 Å². The summed E-state index contributed by atoms with van der Waals surface area (Å²) < 4.78 is 10.6. The highest BCUT2D eigenvalue weighted by atomic mass is 16.5. The van der Waals surface area contributed by atoms with E-state index >= 15 is 0 Å². The molecule has 0 saturated carbocycles. The molecule has 4 aromatic rings. The Balaban J connectivity index is 1.30. The molecule has 15 heteroatoms. The van der Waals surface area contributed by atoms with Crippen molar-refractivity contribution in [3.63, 3.8) is 0 Å². The van der Waals surface area contributed by atoms with Crippen molar-refractivity contribution < 1.29 is 37.9 Å². The lowest BCUT2D eigenvalue weighted by atomic mass is 9.74. The summed E-state index contributed by atoms with van der Waals surface area (Å²) in [6.45, 7) is 1.59. The van der Waals surface area contributed by atoms with E-state index in [4.69, 9.17) is 14.9 Å². The number of amides is 6. The highest BCUT2D eigenvalue weighted by Gasteiger charge is 2.44. The first-order chi connectivity index (χ1) is 30.1. The van der Waals surface area contributed by atoms with Crippen molar-refractivity contribution in [3.8, 4) is 11.1 Å². The maximum Gasteiger partial charge on any atom is 0.246 e. The minimum Gasteiger partial charge on any atom is -0.472 e. The summed E-state index contributed by atoms with van der Waals surface area (Å²) in [6.07, 6.45) is 6.95. The molecule has 2 bridgehead atoms. The van der Waals surface area contributed by atoms with Gasteiger partial charge in [-0.05, 0) is 59.6 Å². The molecule has 6 rings (SSSR count). The molecule has 62 heavy (non-hydrogen) atoms. The third-order valence-corrected chi connectivity index (χ3v) is 11.1. The van der Waals surface area contributed by atoms with Gasteiger partial charge in [0.1, 0.15) is 12.1 Å². The Kier molecular flexibility index (Phi) is 16.2. The van der Waals surface area contributed by atoms with Crippen molar-refractivity contribution >= 4 is 35.4 Å². The van der Waals surface area contributed by atoms with Crippen LogP contribution in [-0.4, -0.2) is 98.4 Å². The molecule has 1 saturated heterocycles. The first kappa shape index (κ1) is 45.0. The number of piperidine rings is 1. The number of benzene rings is 3. The molecule has 3 atom stereocenters. The van der Waals surface area contributed by atoms with Gasteiger partial charge in [0, 0.05) is 63.4 Å². The lowest BCUT2D eigenvalue weighted by Gasteiger charge is -2.42. The van der Waals surface area contributed by atoms with Crippen molar-refractivity contribution in [2.24, 2.45) is 11.1 Å². The fourth-order valence-corrected chi connectivity index (χ4v) is 7.84. The van der Waals surface area contributed by atoms with Crippen LogP contribution < -0.4 is 32.3 Å². The zero-order chi connectivity index (χ0) is 43.7. The van der Waals surface area contributed by atoms with Gasteiger partial charge in [0.2, 0.25) is 35.4 Å². The summed E-state index contributed by atoms with van der Waals surface area (Å²) in [5.74, 6) is -2.71. The molecule has 3 heterocycles. The molecule has 0 aliphatic carbocycles. The normalized spacial score (nSPS) is 21.2. The highest BCUT2D eigenvalue weighted by molar-refractivity contribution is 5.97. The number of carbonyl (C=O) groups is 6. The van der Waals surface area contributed by atoms with Crippen LogP contribution in [0, 0.1) is 5.41 Å². The first-order valence-electron chi connectivity index (χ1n) is 21.0. The van der Waals surface area contributed by atoms with Crippen molar-refractivity contribution in [1.29, 1.82) is 0 Å². The van der Waals surface area contributed by atoms with E-state index in [0.29, 0.717) is 50.1 Å². The van der Waals surface area contributed by atoms with Gasteiger partial charge in [-0.3, -0.25) is 28.8 Å². The van der Waals surface area contributed by atoms with Gasteiger partial charge in [-0.25, -0.2) is 0 Å². The first-order valence-corrected chi connectivity index (χ1v) is 21.0. The van der Waals surface area contributed by atoms with Gasteiger partial charge in [0.15, 0.2) is 0 Å². The molecule has 0 unspecified atom stereocenters. The molecule has 1 aromatic heterocycles. The quantitative estimate of drug-likeness (QED) is 0.122. The number of carbonyl (C=O) groups excluding carboxylic acids is 6. The van der Waals surface area contributed by atoms with Gasteiger partial charge < -0.3 is 46.4 Å². The number of hydrogen-bond acceptors (Lipinski definition) is 9. The summed E-state index contributed by atoms with van der Waals surface area (Å²) in [5.41, 5.74) is 9.22. The molecule has 3 aromatic carbocycles. The van der Waals surface area contributed by atoms with Crippen molar-refractivity contribution in [3.05, 3.63) is 132 Å². The number of hydrogen-bond donors (Lipinski definition) is 6. The van der Waals surface area contributed by atoms with Gasteiger partial charge in [0.25, 0.3) is 0 Å². The number of furan rings is 1. The maximum absolute atomic E-state index is 14.8. The van der Waals surface area contributed by atoms with E-state index in [0.717, 1.165) is 28.3 Å². The van der Waals surface area contributed by atoms with Gasteiger partial charge in [-0.2, -0.15) is 0 Å². The molecule has 15 nitrogen and oxygen atoms in total. The van der Waals surface area contributed by atoms with Crippen LogP contribution >= 0.6 is 0 Å². The largest absolute Gasteiger partial charge is 0.472 e. The average Bonchev–Trinajstić information content (AvgIpc) is 3.83. The fraction of sp³-hybridized carbons (Fsp3) is 0.362. The molecule has 2 aliphatic rings. The number of fused-ring (bicyclic) bond motifs is 3. The van der Waals surface area contributed by atoms with Gasteiger partial charge >= 0.3 is 0 Å². The molecule has 0 spiro atoms. The Morgan fingerprint density at radius 1 is 0.855 bits per heavy atom. The molecule has 7 N–H and O–H groups in total. The topological polar surface area (TPSA) is 214 Å². The summed E-state index contributed by atoms with van der Waals surface area (Å²) in [4.78, 5) is 84.1. The van der Waals surface area contributed by atoms with Crippen LogP contribution in [0.3, 0.4) is 0 Å². The van der Waals surface area contributed by atoms with Crippen LogP contribution in [-0.2, 0) is 59.3 Å². The molecule has 1 fully saturated rings. The molecule has 326 valence electrons. The van der Waals surface area contributed by atoms with Crippen LogP contribution in [0.4, 0.5) is 0 Å². The van der Waals surface area contributed by atoms with Crippen molar-refractivity contribution in [2.75, 3.05) is 45.9 Å². The minimum absolute atomic E-state index is 0.0157. The summed E-state index contributed by atoms with van der Waals surface area (Å²) >= 11 is 0. The van der Waals surface area contributed by atoms with E-state index in [9.17, 15) is 28.8 Å². The van der Waals surface area contributed by atoms with E-state index in [1.54, 1.807) is 41.7 Å². The molecule has 6 amide bonds. The Labute approximate surface area is 361 Å². The zero-order valence-corrected chi connectivity index (χ0v) is 34.7. The summed E-state index contributed by atoms with van der Waals surface area (Å²) in [5, 5.41) is 14.4.